The van der Waals surface area contributed by atoms with Crippen molar-refractivity contribution in [3.63, 3.8) is 0 Å². The lowest BCUT2D eigenvalue weighted by atomic mass is 9.96. The molecule has 0 aliphatic carbocycles. The Hall–Kier alpha value is -1.06. The fourth-order valence-corrected chi connectivity index (χ4v) is 2.29. The molecule has 1 aliphatic heterocycles. The summed E-state index contributed by atoms with van der Waals surface area (Å²) in [5.41, 5.74) is 2.91. The second-order valence-corrected chi connectivity index (χ2v) is 4.42. The number of benzene rings is 1. The molecule has 15 heavy (non-hydrogen) atoms. The minimum atomic E-state index is 0.587. The molecule has 0 fully saturated rings. The van der Waals surface area contributed by atoms with Gasteiger partial charge in [0.15, 0.2) is 6.04 Å². The molecule has 3 heteroatoms. The van der Waals surface area contributed by atoms with Crippen LogP contribution in [0, 0.1) is 0 Å². The Bertz CT molecular complexity index is 349. The summed E-state index contributed by atoms with van der Waals surface area (Å²) in [7, 11) is 6.16. The second kappa shape index (κ2) is 4.21. The van der Waals surface area contributed by atoms with Crippen molar-refractivity contribution >= 4 is 0 Å². The first-order chi connectivity index (χ1) is 7.22. The van der Waals surface area contributed by atoms with Crippen LogP contribution >= 0.6 is 0 Å². The van der Waals surface area contributed by atoms with Crippen LogP contribution in [0.1, 0.15) is 17.2 Å². The number of likely N-dealkylation sites (N-methyl/N-ethyl adjacent to an activating group) is 1. The lowest BCUT2D eigenvalue weighted by Crippen LogP contribution is -3.10. The van der Waals surface area contributed by atoms with Crippen molar-refractivity contribution in [3.05, 3.63) is 29.3 Å². The molecule has 1 atom stereocenters. The summed E-state index contributed by atoms with van der Waals surface area (Å²) in [5, 5.41) is 2.38. The van der Waals surface area contributed by atoms with Crippen LogP contribution in [-0.2, 0) is 6.54 Å². The van der Waals surface area contributed by atoms with Crippen LogP contribution in [0.3, 0.4) is 0 Å². The summed E-state index contributed by atoms with van der Waals surface area (Å²) in [6.07, 6.45) is 0. The maximum Gasteiger partial charge on any atom is 0.163 e. The summed E-state index contributed by atoms with van der Waals surface area (Å²) in [4.78, 5) is 1.49. The van der Waals surface area contributed by atoms with Crippen molar-refractivity contribution < 1.29 is 15.0 Å². The molecule has 1 aromatic rings. The quantitative estimate of drug-likeness (QED) is 0.639. The topological polar surface area (TPSA) is 30.3 Å². The fraction of sp³-hybridized carbons (Fsp3) is 0.500. The summed E-state index contributed by atoms with van der Waals surface area (Å²) >= 11 is 0. The summed E-state index contributed by atoms with van der Waals surface area (Å²) in [6.45, 7) is 2.27. The van der Waals surface area contributed by atoms with E-state index in [1.54, 1.807) is 7.11 Å². The Morgan fingerprint density at radius 2 is 2.20 bits per heavy atom. The third-order valence-electron chi connectivity index (χ3n) is 3.19. The van der Waals surface area contributed by atoms with Gasteiger partial charge >= 0.3 is 0 Å². The zero-order valence-corrected chi connectivity index (χ0v) is 9.71. The third-order valence-corrected chi connectivity index (χ3v) is 3.19. The molecule has 3 nitrogen and oxygen atoms in total. The highest BCUT2D eigenvalue weighted by Crippen LogP contribution is 2.22. The van der Waals surface area contributed by atoms with Crippen LogP contribution in [0.5, 0.6) is 5.75 Å². The molecular formula is C12H20N2O+2. The molecule has 0 saturated heterocycles. The van der Waals surface area contributed by atoms with E-state index in [9.17, 15) is 0 Å². The summed E-state index contributed by atoms with van der Waals surface area (Å²) in [6, 6.07) is 7.03. The van der Waals surface area contributed by atoms with Crippen LogP contribution in [0.15, 0.2) is 18.2 Å². The predicted molar refractivity (Wildman–Crippen MR) is 59.0 cm³/mol. The normalized spacial score (nSPS) is 20.1. The van der Waals surface area contributed by atoms with E-state index >= 15 is 0 Å². The standard InChI is InChI=1S/C12H18N2O/c1-14(2)12-8-13-7-9-4-5-10(15-3)6-11(9)12/h4-6,12-13H,7-8H2,1-3H3/p+2/t12-/m0/s1. The Morgan fingerprint density at radius 1 is 1.40 bits per heavy atom. The minimum absolute atomic E-state index is 0.587. The highest BCUT2D eigenvalue weighted by molar-refractivity contribution is 5.37. The Kier molecular flexibility index (Phi) is 2.93. The van der Waals surface area contributed by atoms with Gasteiger partial charge in [-0.3, -0.25) is 0 Å². The molecule has 0 amide bonds. The van der Waals surface area contributed by atoms with Gasteiger partial charge in [-0.2, -0.15) is 0 Å². The van der Waals surface area contributed by atoms with Gasteiger partial charge in [-0.15, -0.1) is 0 Å². The molecule has 0 radical (unpaired) electrons. The fourth-order valence-electron chi connectivity index (χ4n) is 2.29. The first kappa shape index (κ1) is 10.5. The number of quaternary nitrogens is 2. The third kappa shape index (κ3) is 1.98. The smallest absolute Gasteiger partial charge is 0.163 e. The first-order valence-corrected chi connectivity index (χ1v) is 5.51. The largest absolute Gasteiger partial charge is 0.497 e. The van der Waals surface area contributed by atoms with Gasteiger partial charge in [-0.25, -0.2) is 0 Å². The number of nitrogens with one attached hydrogen (secondary N) is 1. The number of hydrogen-bond donors (Lipinski definition) is 2. The molecule has 1 heterocycles. The van der Waals surface area contributed by atoms with Crippen LogP contribution in [0.4, 0.5) is 0 Å². The average molecular weight is 208 g/mol. The zero-order valence-electron chi connectivity index (χ0n) is 9.71. The molecule has 1 aliphatic rings. The Balaban J connectivity index is 2.39. The van der Waals surface area contributed by atoms with Gasteiger partial charge in [-0.1, -0.05) is 0 Å². The van der Waals surface area contributed by atoms with Crippen molar-refractivity contribution in [1.82, 2.24) is 0 Å². The molecule has 2 rings (SSSR count). The number of nitrogens with two attached hydrogens (primary N) is 1. The molecule has 82 valence electrons. The van der Waals surface area contributed by atoms with Crippen LogP contribution in [-0.4, -0.2) is 27.7 Å². The van der Waals surface area contributed by atoms with Gasteiger partial charge in [0.25, 0.3) is 0 Å². The highest BCUT2D eigenvalue weighted by atomic mass is 16.5. The van der Waals surface area contributed by atoms with E-state index in [1.165, 1.54) is 22.6 Å². The van der Waals surface area contributed by atoms with Gasteiger partial charge in [0.05, 0.1) is 21.2 Å². The molecule has 0 saturated carbocycles. The van der Waals surface area contributed by atoms with E-state index in [0.29, 0.717) is 6.04 Å². The second-order valence-electron chi connectivity index (χ2n) is 4.42. The number of hydrogen-bond acceptors (Lipinski definition) is 1. The van der Waals surface area contributed by atoms with Crippen molar-refractivity contribution in [2.75, 3.05) is 27.7 Å². The van der Waals surface area contributed by atoms with Crippen LogP contribution < -0.4 is 15.0 Å². The van der Waals surface area contributed by atoms with Crippen LogP contribution in [0.2, 0.25) is 0 Å². The van der Waals surface area contributed by atoms with Gasteiger partial charge < -0.3 is 15.0 Å². The van der Waals surface area contributed by atoms with Gasteiger partial charge in [0.1, 0.15) is 18.8 Å². The molecule has 0 unspecified atom stereocenters. The lowest BCUT2D eigenvalue weighted by molar-refractivity contribution is -0.912. The molecule has 0 spiro atoms. The van der Waals surface area contributed by atoms with E-state index in [4.69, 9.17) is 4.74 Å². The molecule has 1 aromatic carbocycles. The lowest BCUT2D eigenvalue weighted by Gasteiger charge is -2.26. The monoisotopic (exact) mass is 208 g/mol. The SMILES string of the molecule is COc1ccc2c(c1)[C@@H]([NH+](C)C)C[NH2+]C2. The van der Waals surface area contributed by atoms with Crippen molar-refractivity contribution in [2.24, 2.45) is 0 Å². The zero-order chi connectivity index (χ0) is 10.8. The molecule has 0 bridgehead atoms. The van der Waals surface area contributed by atoms with Crippen molar-refractivity contribution in [2.45, 2.75) is 12.6 Å². The molecular weight excluding hydrogens is 188 g/mol. The van der Waals surface area contributed by atoms with Crippen molar-refractivity contribution in [1.29, 1.82) is 0 Å². The minimum Gasteiger partial charge on any atom is -0.497 e. The number of rotatable bonds is 2. The number of fused-ring (bicyclic) bond motifs is 1. The number of ether oxygens (including phenoxy) is 1. The van der Waals surface area contributed by atoms with E-state index in [1.807, 2.05) is 0 Å². The van der Waals surface area contributed by atoms with Crippen molar-refractivity contribution in [3.8, 4) is 5.75 Å². The predicted octanol–water partition coefficient (Wildman–Crippen LogP) is -1.04. The first-order valence-electron chi connectivity index (χ1n) is 5.51. The van der Waals surface area contributed by atoms with E-state index < -0.39 is 0 Å². The van der Waals surface area contributed by atoms with E-state index in [0.717, 1.165) is 12.3 Å². The Morgan fingerprint density at radius 3 is 2.87 bits per heavy atom. The highest BCUT2D eigenvalue weighted by Gasteiger charge is 2.27. The number of methoxy groups -OCH3 is 1. The van der Waals surface area contributed by atoms with E-state index in [-0.39, 0.29) is 0 Å². The maximum absolute atomic E-state index is 5.29. The van der Waals surface area contributed by atoms with Crippen LogP contribution in [0.25, 0.3) is 0 Å². The molecule has 0 aromatic heterocycles. The van der Waals surface area contributed by atoms with Gasteiger partial charge in [0.2, 0.25) is 0 Å². The maximum atomic E-state index is 5.29. The van der Waals surface area contributed by atoms with Gasteiger partial charge in [0, 0.05) is 11.1 Å². The Labute approximate surface area is 91.0 Å². The van der Waals surface area contributed by atoms with E-state index in [2.05, 4.69) is 37.6 Å². The average Bonchev–Trinajstić information content (AvgIpc) is 2.27. The molecule has 3 N–H and O–H groups in total. The summed E-state index contributed by atoms with van der Waals surface area (Å²) in [5.74, 6) is 0.974. The summed E-state index contributed by atoms with van der Waals surface area (Å²) < 4.78 is 5.29. The van der Waals surface area contributed by atoms with Gasteiger partial charge in [-0.05, 0) is 18.2 Å².